The maximum Gasteiger partial charge on any atom is 0.238 e. The van der Waals surface area contributed by atoms with Crippen LogP contribution in [0.3, 0.4) is 0 Å². The van der Waals surface area contributed by atoms with Crippen molar-refractivity contribution in [1.29, 1.82) is 0 Å². The zero-order valence-corrected chi connectivity index (χ0v) is 18.6. The number of aromatic nitrogens is 2. The minimum Gasteiger partial charge on any atom is -0.444 e. The highest BCUT2D eigenvalue weighted by atomic mass is 32.2. The summed E-state index contributed by atoms with van der Waals surface area (Å²) in [4.78, 5) is 9.19. The van der Waals surface area contributed by atoms with Crippen molar-refractivity contribution >= 4 is 32.9 Å². The lowest BCUT2D eigenvalue weighted by Crippen LogP contribution is -2.12. The first-order chi connectivity index (χ1) is 15.5. The summed E-state index contributed by atoms with van der Waals surface area (Å²) in [5.41, 5.74) is 2.41. The van der Waals surface area contributed by atoms with Crippen LogP contribution in [-0.4, -0.2) is 18.4 Å². The Morgan fingerprint density at radius 3 is 2.59 bits per heavy atom. The highest BCUT2D eigenvalue weighted by Gasteiger charge is 2.29. The number of ether oxygens (including phenoxy) is 1. The molecule has 2 aromatic carbocycles. The van der Waals surface area contributed by atoms with Gasteiger partial charge in [0.25, 0.3) is 0 Å². The van der Waals surface area contributed by atoms with Gasteiger partial charge >= 0.3 is 0 Å². The molecule has 1 aliphatic carbocycles. The first-order valence-electron chi connectivity index (χ1n) is 10.1. The van der Waals surface area contributed by atoms with Crippen molar-refractivity contribution in [2.75, 3.05) is 5.32 Å². The Morgan fingerprint density at radius 1 is 1.03 bits per heavy atom. The van der Waals surface area contributed by atoms with Gasteiger partial charge in [-0.3, -0.25) is 0 Å². The van der Waals surface area contributed by atoms with Crippen LogP contribution in [-0.2, 0) is 10.0 Å². The Balaban J connectivity index is 1.41. The standard InChI is InChI=1S/C23H20N4O3S2/c24-32(28,29)19-8-4-7-17(13-19)26-20-14-18(11-12-25-20)30-23-21(15-5-2-1-3-6-15)27-22(31-23)16-9-10-16/h1-8,11-14,16H,9-10H2,(H,25,26)(H2,24,28,29). The molecule has 2 heterocycles. The molecule has 0 unspecified atom stereocenters. The topological polar surface area (TPSA) is 107 Å². The molecule has 2 aromatic heterocycles. The minimum atomic E-state index is -3.79. The second-order valence-electron chi connectivity index (χ2n) is 7.51. The van der Waals surface area contributed by atoms with Gasteiger partial charge in [-0.25, -0.2) is 23.5 Å². The largest absolute Gasteiger partial charge is 0.444 e. The molecule has 4 aromatic rings. The van der Waals surface area contributed by atoms with Crippen LogP contribution in [0.4, 0.5) is 11.5 Å². The van der Waals surface area contributed by atoms with Crippen LogP contribution in [0.2, 0.25) is 0 Å². The quantitative estimate of drug-likeness (QED) is 0.386. The van der Waals surface area contributed by atoms with Crippen molar-refractivity contribution < 1.29 is 13.2 Å². The van der Waals surface area contributed by atoms with Gasteiger partial charge in [-0.05, 0) is 37.1 Å². The molecule has 9 heteroatoms. The number of hydrogen-bond acceptors (Lipinski definition) is 7. The van der Waals surface area contributed by atoms with Crippen molar-refractivity contribution in [3.05, 3.63) is 77.9 Å². The average molecular weight is 465 g/mol. The molecule has 1 aliphatic rings. The summed E-state index contributed by atoms with van der Waals surface area (Å²) in [6.07, 6.45) is 3.97. The van der Waals surface area contributed by atoms with E-state index in [2.05, 4.69) is 10.3 Å². The van der Waals surface area contributed by atoms with E-state index < -0.39 is 10.0 Å². The third-order valence-electron chi connectivity index (χ3n) is 4.96. The number of primary sulfonamides is 1. The molecule has 1 saturated carbocycles. The van der Waals surface area contributed by atoms with Gasteiger partial charge in [0, 0.05) is 29.4 Å². The van der Waals surface area contributed by atoms with E-state index in [-0.39, 0.29) is 4.90 Å². The molecule has 0 amide bonds. The van der Waals surface area contributed by atoms with Crippen LogP contribution in [0.1, 0.15) is 23.8 Å². The molecule has 0 saturated heterocycles. The average Bonchev–Trinajstić information content (AvgIpc) is 3.55. The lowest BCUT2D eigenvalue weighted by molar-refractivity contribution is 0.496. The molecule has 0 bridgehead atoms. The molecule has 0 aliphatic heterocycles. The fourth-order valence-corrected chi connectivity index (χ4v) is 4.91. The van der Waals surface area contributed by atoms with Gasteiger partial charge in [-0.2, -0.15) is 0 Å². The molecule has 1 fully saturated rings. The summed E-state index contributed by atoms with van der Waals surface area (Å²) in [5.74, 6) is 1.65. The summed E-state index contributed by atoms with van der Waals surface area (Å²) in [5, 5.41) is 10.2. The Labute approximate surface area is 190 Å². The zero-order valence-electron chi connectivity index (χ0n) is 16.9. The SMILES string of the molecule is NS(=O)(=O)c1cccc(Nc2cc(Oc3sc(C4CC4)nc3-c3ccccc3)ccn2)c1. The number of benzene rings is 2. The van der Waals surface area contributed by atoms with E-state index in [4.69, 9.17) is 14.9 Å². The number of nitrogens with one attached hydrogen (secondary N) is 1. The van der Waals surface area contributed by atoms with Gasteiger partial charge < -0.3 is 10.1 Å². The third-order valence-corrected chi connectivity index (χ3v) is 6.97. The summed E-state index contributed by atoms with van der Waals surface area (Å²) >= 11 is 1.58. The summed E-state index contributed by atoms with van der Waals surface area (Å²) in [7, 11) is -3.79. The normalized spacial score (nSPS) is 13.7. The second-order valence-corrected chi connectivity index (χ2v) is 10.1. The number of hydrogen-bond donors (Lipinski definition) is 2. The molecule has 32 heavy (non-hydrogen) atoms. The van der Waals surface area contributed by atoms with E-state index in [0.29, 0.717) is 23.2 Å². The molecule has 0 spiro atoms. The molecule has 7 nitrogen and oxygen atoms in total. The highest BCUT2D eigenvalue weighted by Crippen LogP contribution is 2.48. The molecule has 0 radical (unpaired) electrons. The number of thiazole rings is 1. The van der Waals surface area contributed by atoms with Crippen molar-refractivity contribution in [2.45, 2.75) is 23.7 Å². The zero-order chi connectivity index (χ0) is 22.1. The number of sulfonamides is 1. The number of pyridine rings is 1. The van der Waals surface area contributed by atoms with Crippen molar-refractivity contribution in [2.24, 2.45) is 5.14 Å². The van der Waals surface area contributed by atoms with Gasteiger partial charge in [0.15, 0.2) is 0 Å². The van der Waals surface area contributed by atoms with Crippen LogP contribution in [0.15, 0.2) is 77.8 Å². The van der Waals surface area contributed by atoms with Crippen molar-refractivity contribution in [1.82, 2.24) is 9.97 Å². The predicted octanol–water partition coefficient (Wildman–Crippen LogP) is 5.27. The van der Waals surface area contributed by atoms with E-state index >= 15 is 0 Å². The fraction of sp³-hybridized carbons (Fsp3) is 0.130. The van der Waals surface area contributed by atoms with E-state index in [1.807, 2.05) is 30.3 Å². The number of rotatable bonds is 7. The first kappa shape index (κ1) is 20.6. The van der Waals surface area contributed by atoms with E-state index in [9.17, 15) is 8.42 Å². The fourth-order valence-electron chi connectivity index (χ4n) is 3.22. The van der Waals surface area contributed by atoms with Gasteiger partial charge in [-0.15, -0.1) is 0 Å². The van der Waals surface area contributed by atoms with Crippen LogP contribution in [0.5, 0.6) is 10.8 Å². The van der Waals surface area contributed by atoms with Crippen LogP contribution >= 0.6 is 11.3 Å². The predicted molar refractivity (Wildman–Crippen MR) is 125 cm³/mol. The van der Waals surface area contributed by atoms with Gasteiger partial charge in [-0.1, -0.05) is 47.7 Å². The Morgan fingerprint density at radius 2 is 1.84 bits per heavy atom. The number of anilines is 2. The van der Waals surface area contributed by atoms with Gasteiger partial charge in [0.1, 0.15) is 22.3 Å². The van der Waals surface area contributed by atoms with Crippen molar-refractivity contribution in [3.8, 4) is 22.1 Å². The maximum absolute atomic E-state index is 11.6. The van der Waals surface area contributed by atoms with Crippen LogP contribution in [0.25, 0.3) is 11.3 Å². The summed E-state index contributed by atoms with van der Waals surface area (Å²) in [6.45, 7) is 0. The van der Waals surface area contributed by atoms with Crippen LogP contribution < -0.4 is 15.2 Å². The van der Waals surface area contributed by atoms with E-state index in [0.717, 1.165) is 21.3 Å². The molecule has 162 valence electrons. The number of nitrogens with zero attached hydrogens (tertiary/aromatic N) is 2. The summed E-state index contributed by atoms with van der Waals surface area (Å²) in [6, 6.07) is 19.8. The van der Waals surface area contributed by atoms with Crippen molar-refractivity contribution in [3.63, 3.8) is 0 Å². The van der Waals surface area contributed by atoms with E-state index in [1.165, 1.54) is 25.0 Å². The lowest BCUT2D eigenvalue weighted by atomic mass is 10.2. The van der Waals surface area contributed by atoms with Gasteiger partial charge in [0.05, 0.1) is 4.90 Å². The Hall–Kier alpha value is -3.27. The molecule has 5 rings (SSSR count). The molecule has 0 atom stereocenters. The molecular weight excluding hydrogens is 444 g/mol. The van der Waals surface area contributed by atoms with E-state index in [1.54, 1.807) is 41.8 Å². The molecule has 3 N–H and O–H groups in total. The highest BCUT2D eigenvalue weighted by molar-refractivity contribution is 7.89. The number of nitrogens with two attached hydrogens (primary N) is 1. The smallest absolute Gasteiger partial charge is 0.238 e. The first-order valence-corrected chi connectivity index (χ1v) is 12.4. The Kier molecular flexibility index (Phi) is 5.38. The summed E-state index contributed by atoms with van der Waals surface area (Å²) < 4.78 is 29.5. The van der Waals surface area contributed by atoms with Crippen LogP contribution in [0, 0.1) is 0 Å². The lowest BCUT2D eigenvalue weighted by Gasteiger charge is -2.09. The minimum absolute atomic E-state index is 0.0275. The van der Waals surface area contributed by atoms with Gasteiger partial charge in [0.2, 0.25) is 15.1 Å². The third kappa shape index (κ3) is 4.64. The molecular formula is C23H20N4O3S2. The maximum atomic E-state index is 11.6. The monoisotopic (exact) mass is 464 g/mol. The second kappa shape index (κ2) is 8.34. The Bertz CT molecular complexity index is 1370.